The molecule has 0 unspecified atom stereocenters. The first-order valence-electron chi connectivity index (χ1n) is 14.1. The van der Waals surface area contributed by atoms with Crippen LogP contribution in [0.1, 0.15) is 77.5 Å². The van der Waals surface area contributed by atoms with Gasteiger partial charge in [0.2, 0.25) is 0 Å². The van der Waals surface area contributed by atoms with Gasteiger partial charge in [-0.3, -0.25) is 4.79 Å². The van der Waals surface area contributed by atoms with E-state index in [0.29, 0.717) is 0 Å². The number of piperidine rings is 1. The van der Waals surface area contributed by atoms with E-state index in [2.05, 4.69) is 22.3 Å². The van der Waals surface area contributed by atoms with E-state index in [0.717, 1.165) is 23.8 Å². The van der Waals surface area contributed by atoms with Gasteiger partial charge in [0.05, 0.1) is 6.42 Å². The fourth-order valence-corrected chi connectivity index (χ4v) is 3.82. The number of aryl methyl sites for hydroxylation is 2. The van der Waals surface area contributed by atoms with Crippen molar-refractivity contribution in [3.8, 4) is 0 Å². The van der Waals surface area contributed by atoms with Crippen LogP contribution in [-0.4, -0.2) is 71.0 Å². The van der Waals surface area contributed by atoms with E-state index >= 15 is 0 Å². The number of carbonyl (C=O) groups is 1. The summed E-state index contributed by atoms with van der Waals surface area (Å²) < 4.78 is 0. The Morgan fingerprint density at radius 1 is 0.974 bits per heavy atom. The zero-order valence-corrected chi connectivity index (χ0v) is 28.6. The molecule has 1 fully saturated rings. The van der Waals surface area contributed by atoms with Gasteiger partial charge in [0.25, 0.3) is 0 Å². The second kappa shape index (κ2) is 27.2. The van der Waals surface area contributed by atoms with Gasteiger partial charge in [0.15, 0.2) is 0 Å². The summed E-state index contributed by atoms with van der Waals surface area (Å²) in [5, 5.41) is 20.7. The molecule has 7 nitrogen and oxygen atoms in total. The van der Waals surface area contributed by atoms with E-state index in [1.165, 1.54) is 76.5 Å². The number of aliphatic carboxylic acids is 1. The number of nitrogens with one attached hydrogen (secondary N) is 1. The molecule has 2 aliphatic heterocycles. The minimum absolute atomic E-state index is 0. The largest absolute Gasteiger partial charge is 0.481 e. The maximum absolute atomic E-state index is 9.77. The van der Waals surface area contributed by atoms with Crippen LogP contribution in [-0.2, 0) is 17.6 Å². The molecule has 0 amide bonds. The molecule has 214 valence electrons. The van der Waals surface area contributed by atoms with E-state index in [9.17, 15) is 4.79 Å². The summed E-state index contributed by atoms with van der Waals surface area (Å²) in [5.41, 5.74) is 2.65. The van der Waals surface area contributed by atoms with Gasteiger partial charge in [0.1, 0.15) is 5.82 Å². The maximum Gasteiger partial charge on any atom is 0.304 e. The van der Waals surface area contributed by atoms with Crippen LogP contribution in [0.2, 0.25) is 0 Å². The van der Waals surface area contributed by atoms with Crippen LogP contribution in [0.3, 0.4) is 0 Å². The van der Waals surface area contributed by atoms with Crippen molar-refractivity contribution in [2.45, 2.75) is 79.1 Å². The quantitative estimate of drug-likeness (QED) is 0.283. The fourth-order valence-electron chi connectivity index (χ4n) is 3.82. The summed E-state index contributed by atoms with van der Waals surface area (Å²) in [6, 6.07) is 16.5. The second-order valence-electron chi connectivity index (χ2n) is 8.53. The van der Waals surface area contributed by atoms with Crippen LogP contribution in [0.25, 0.3) is 0 Å². The van der Waals surface area contributed by atoms with Crippen LogP contribution in [0.5, 0.6) is 0 Å². The number of aromatic nitrogens is 1. The molecule has 1 saturated heterocycles. The van der Waals surface area contributed by atoms with Crippen molar-refractivity contribution in [1.29, 1.82) is 0 Å². The molecule has 4 rings (SSSR count). The van der Waals surface area contributed by atoms with Gasteiger partial charge in [-0.2, -0.15) is 5.06 Å². The average Bonchev–Trinajstić information content (AvgIpc) is 2.96. The number of carboxylic acid groups (broad SMARTS) is 1. The topological polar surface area (TPSA) is 88.9 Å². The van der Waals surface area contributed by atoms with Gasteiger partial charge < -0.3 is 20.5 Å². The van der Waals surface area contributed by atoms with Crippen molar-refractivity contribution >= 4 is 11.8 Å². The number of rotatable bonds is 7. The number of likely N-dealkylation sites (tertiary alicyclic amines) is 1. The Hall–Kier alpha value is -1.43. The molecule has 3 heterocycles. The van der Waals surface area contributed by atoms with Crippen LogP contribution in [0.4, 0.5) is 5.82 Å². The first-order chi connectivity index (χ1) is 18.0. The van der Waals surface area contributed by atoms with Gasteiger partial charge in [-0.05, 0) is 69.8 Å². The molecule has 0 atom stereocenters. The Morgan fingerprint density at radius 3 is 2.05 bits per heavy atom. The minimum Gasteiger partial charge on any atom is -0.481 e. The van der Waals surface area contributed by atoms with Crippen molar-refractivity contribution < 1.29 is 46.2 Å². The Labute approximate surface area is 255 Å². The Morgan fingerprint density at radius 2 is 1.55 bits per heavy atom. The molecule has 2 aromatic rings. The molecule has 0 aliphatic carbocycles. The number of hydrogen-bond acceptors (Lipinski definition) is 6. The monoisotopic (exact) mass is 754 g/mol. The van der Waals surface area contributed by atoms with E-state index in [1.807, 2.05) is 64.1 Å². The smallest absolute Gasteiger partial charge is 0.304 e. The molecular formula is C30H52N4O3U. The minimum atomic E-state index is -0.897. The summed E-state index contributed by atoms with van der Waals surface area (Å²) in [6.07, 6.45) is 8.97. The van der Waals surface area contributed by atoms with Crippen molar-refractivity contribution in [1.82, 2.24) is 14.9 Å². The summed E-state index contributed by atoms with van der Waals surface area (Å²) in [4.78, 5) is 17.1. The van der Waals surface area contributed by atoms with Gasteiger partial charge in [-0.1, -0.05) is 76.6 Å². The number of hydrogen-bond donors (Lipinski definition) is 3. The van der Waals surface area contributed by atoms with Crippen LogP contribution in [0.15, 0.2) is 48.5 Å². The number of pyridine rings is 1. The zero-order chi connectivity index (χ0) is 27.7. The van der Waals surface area contributed by atoms with E-state index in [1.54, 1.807) is 0 Å². The van der Waals surface area contributed by atoms with Gasteiger partial charge in [-0.15, -0.1) is 0 Å². The van der Waals surface area contributed by atoms with E-state index in [-0.39, 0.29) is 44.1 Å². The molecule has 0 spiro atoms. The van der Waals surface area contributed by atoms with Crippen LogP contribution < -0.4 is 5.32 Å². The predicted molar refractivity (Wildman–Crippen MR) is 155 cm³/mol. The van der Waals surface area contributed by atoms with Crippen molar-refractivity contribution in [2.24, 2.45) is 0 Å². The normalized spacial score (nSPS) is 13.6. The van der Waals surface area contributed by atoms with Crippen LogP contribution in [0, 0.1) is 31.1 Å². The number of anilines is 1. The third-order valence-corrected chi connectivity index (χ3v) is 5.62. The molecule has 0 radical (unpaired) electrons. The molecule has 1 aromatic heterocycles. The van der Waals surface area contributed by atoms with Crippen LogP contribution >= 0.6 is 0 Å². The Bertz CT molecular complexity index is 762. The summed E-state index contributed by atoms with van der Waals surface area (Å²) in [5.74, 6) is 0.243. The number of nitrogens with zero attached hydrogens (tertiary/aromatic N) is 3. The molecular weight excluding hydrogens is 702 g/mol. The number of benzene rings is 1. The first kappa shape index (κ1) is 38.7. The zero-order valence-electron chi connectivity index (χ0n) is 24.5. The third kappa shape index (κ3) is 20.5. The molecule has 2 aliphatic rings. The third-order valence-electron chi connectivity index (χ3n) is 5.62. The second-order valence-corrected chi connectivity index (χ2v) is 8.53. The molecule has 38 heavy (non-hydrogen) atoms. The molecule has 3 N–H and O–H groups in total. The Kier molecular flexibility index (Phi) is 27.7. The van der Waals surface area contributed by atoms with Crippen molar-refractivity contribution in [3.63, 3.8) is 0 Å². The molecule has 0 bridgehead atoms. The number of fused-ring (bicyclic) bond motifs is 1. The SMILES string of the molecule is CC.CC.CN(O)CCC(=O)O.[U].c1cc2c(nc1CCCN1CCCCC1)NCCC2.c1ccccc1. The molecule has 8 heteroatoms. The maximum atomic E-state index is 9.77. The first-order valence-corrected chi connectivity index (χ1v) is 14.1. The van der Waals surface area contributed by atoms with Crippen molar-refractivity contribution in [2.75, 3.05) is 45.1 Å². The van der Waals surface area contributed by atoms with Crippen molar-refractivity contribution in [3.05, 3.63) is 59.8 Å². The number of carboxylic acids is 1. The number of hydroxylamine groups is 2. The summed E-state index contributed by atoms with van der Waals surface area (Å²) in [7, 11) is 1.41. The average molecular weight is 755 g/mol. The van der Waals surface area contributed by atoms with Gasteiger partial charge >= 0.3 is 5.97 Å². The fraction of sp³-hybridized carbons (Fsp3) is 0.600. The predicted octanol–water partition coefficient (Wildman–Crippen LogP) is 6.38. The van der Waals surface area contributed by atoms with Gasteiger partial charge in [0, 0.05) is 56.9 Å². The van der Waals surface area contributed by atoms with E-state index < -0.39 is 5.97 Å². The van der Waals surface area contributed by atoms with Gasteiger partial charge in [-0.25, -0.2) is 4.98 Å². The van der Waals surface area contributed by atoms with E-state index in [4.69, 9.17) is 15.3 Å². The Balaban J connectivity index is 0. The molecule has 1 aromatic carbocycles. The molecule has 0 saturated carbocycles. The summed E-state index contributed by atoms with van der Waals surface area (Å²) in [6.45, 7) is 13.1. The standard InChI is InChI=1S/C16H25N3.C6H6.C4H9NO3.2C2H6.U/c1-2-11-19(12-3-1)13-5-7-15-9-8-14-6-4-10-17-16(14)18-15;1-2-4-6-5-3-1;1-5(8)3-2-4(6)7;2*1-2;/h8-9H,1-7,10-13H2,(H,17,18);1-6H;8H,2-3H2,1H3,(H,6,7);2*1-2H3;. The summed E-state index contributed by atoms with van der Waals surface area (Å²) >= 11 is 0.